The van der Waals surface area contributed by atoms with Gasteiger partial charge in [-0.25, -0.2) is 8.78 Å². The lowest BCUT2D eigenvalue weighted by Crippen LogP contribution is -2.25. The normalized spacial score (nSPS) is 11.3. The van der Waals surface area contributed by atoms with Gasteiger partial charge in [0.2, 0.25) is 5.91 Å². The van der Waals surface area contributed by atoms with Crippen LogP contribution in [0.3, 0.4) is 0 Å². The van der Waals surface area contributed by atoms with Gasteiger partial charge in [-0.2, -0.15) is 0 Å². The van der Waals surface area contributed by atoms with Gasteiger partial charge in [-0.05, 0) is 29.7 Å². The summed E-state index contributed by atoms with van der Waals surface area (Å²) in [5.41, 5.74) is 0.345. The quantitative estimate of drug-likeness (QED) is 0.812. The van der Waals surface area contributed by atoms with Gasteiger partial charge in [0.1, 0.15) is 5.75 Å². The van der Waals surface area contributed by atoms with Gasteiger partial charge in [-0.3, -0.25) is 4.79 Å². The van der Waals surface area contributed by atoms with Crippen molar-refractivity contribution in [3.8, 4) is 5.75 Å². The van der Waals surface area contributed by atoms with Crippen LogP contribution in [0.25, 0.3) is 6.08 Å². The Kier molecular flexibility index (Phi) is 6.15. The van der Waals surface area contributed by atoms with E-state index in [4.69, 9.17) is 4.74 Å². The molecule has 1 rings (SSSR count). The molecule has 0 aromatic heterocycles. The molecule has 5 heteroatoms. The van der Waals surface area contributed by atoms with E-state index >= 15 is 0 Å². The molecule has 3 nitrogen and oxygen atoms in total. The summed E-state index contributed by atoms with van der Waals surface area (Å²) in [6.07, 6.45) is 0.216. The van der Waals surface area contributed by atoms with Gasteiger partial charge in [0.15, 0.2) is 0 Å². The van der Waals surface area contributed by atoms with Crippen LogP contribution < -0.4 is 10.1 Å². The summed E-state index contributed by atoms with van der Waals surface area (Å²) in [5, 5.41) is 2.71. The molecule has 0 fully saturated rings. The maximum Gasteiger partial charge on any atom is 0.267 e. The van der Waals surface area contributed by atoms with Crippen LogP contribution in [-0.2, 0) is 4.79 Å². The van der Waals surface area contributed by atoms with Crippen molar-refractivity contribution in [2.75, 3.05) is 13.7 Å². The Morgan fingerprint density at radius 2 is 2.10 bits per heavy atom. The summed E-state index contributed by atoms with van der Waals surface area (Å²) >= 11 is 0. The van der Waals surface area contributed by atoms with Crippen LogP contribution in [0.2, 0.25) is 0 Å². The average molecular weight is 283 g/mol. The number of rotatable bonds is 6. The zero-order valence-corrected chi connectivity index (χ0v) is 11.8. The lowest BCUT2D eigenvalue weighted by atomic mass is 10.1. The van der Waals surface area contributed by atoms with E-state index in [2.05, 4.69) is 5.32 Å². The van der Waals surface area contributed by atoms with Crippen molar-refractivity contribution < 1.29 is 18.3 Å². The van der Waals surface area contributed by atoms with Gasteiger partial charge in [0.25, 0.3) is 6.43 Å². The summed E-state index contributed by atoms with van der Waals surface area (Å²) in [6.45, 7) is 4.55. The molecule has 0 saturated carbocycles. The van der Waals surface area contributed by atoms with Crippen molar-refractivity contribution >= 4 is 12.0 Å². The number of amides is 1. The first-order valence-corrected chi connectivity index (χ1v) is 6.36. The summed E-state index contributed by atoms with van der Waals surface area (Å²) in [6, 6.07) is 4.40. The third-order valence-corrected chi connectivity index (χ3v) is 2.60. The predicted octanol–water partition coefficient (Wildman–Crippen LogP) is 3.42. The standard InChI is InChI=1S/C15H19F2NO2/c1-10(2)9-18-14(19)7-5-11-4-6-13(20-3)12(8-11)15(16)17/h4-8,10,15H,9H2,1-3H3,(H,18,19)/b7-5+. The molecule has 0 aliphatic heterocycles. The van der Waals surface area contributed by atoms with Crippen LogP contribution in [-0.4, -0.2) is 19.6 Å². The highest BCUT2D eigenvalue weighted by Gasteiger charge is 2.13. The zero-order chi connectivity index (χ0) is 15.1. The number of nitrogens with one attached hydrogen (secondary N) is 1. The Bertz CT molecular complexity index is 485. The van der Waals surface area contributed by atoms with E-state index in [1.165, 1.54) is 31.4 Å². The fourth-order valence-electron chi connectivity index (χ4n) is 1.56. The predicted molar refractivity (Wildman–Crippen MR) is 74.8 cm³/mol. The monoisotopic (exact) mass is 283 g/mol. The van der Waals surface area contributed by atoms with E-state index in [-0.39, 0.29) is 17.2 Å². The summed E-state index contributed by atoms with van der Waals surface area (Å²) in [5.74, 6) is 0.258. The Balaban J connectivity index is 2.77. The highest BCUT2D eigenvalue weighted by molar-refractivity contribution is 5.91. The number of carbonyl (C=O) groups is 1. The molecule has 110 valence electrons. The Morgan fingerprint density at radius 1 is 1.40 bits per heavy atom. The summed E-state index contributed by atoms with van der Waals surface area (Å²) in [7, 11) is 1.34. The molecule has 0 aliphatic carbocycles. The molecule has 1 aromatic carbocycles. The Morgan fingerprint density at radius 3 is 2.65 bits per heavy atom. The van der Waals surface area contributed by atoms with Gasteiger partial charge in [-0.15, -0.1) is 0 Å². The SMILES string of the molecule is COc1ccc(/C=C/C(=O)NCC(C)C)cc1C(F)F. The van der Waals surface area contributed by atoms with Crippen molar-refractivity contribution in [1.82, 2.24) is 5.32 Å². The molecule has 1 aromatic rings. The molecular formula is C15H19F2NO2. The first-order chi connectivity index (χ1) is 9.43. The van der Waals surface area contributed by atoms with Gasteiger partial charge in [0.05, 0.1) is 12.7 Å². The molecule has 0 aliphatic rings. The molecule has 0 radical (unpaired) electrons. The van der Waals surface area contributed by atoms with E-state index in [0.29, 0.717) is 18.0 Å². The number of methoxy groups -OCH3 is 1. The molecule has 1 amide bonds. The first kappa shape index (κ1) is 16.1. The van der Waals surface area contributed by atoms with Crippen molar-refractivity contribution in [1.29, 1.82) is 0 Å². The number of carbonyl (C=O) groups excluding carboxylic acids is 1. The third-order valence-electron chi connectivity index (χ3n) is 2.60. The summed E-state index contributed by atoms with van der Waals surface area (Å²) < 4.78 is 30.5. The maximum atomic E-state index is 12.8. The second-order valence-electron chi connectivity index (χ2n) is 4.77. The lowest BCUT2D eigenvalue weighted by molar-refractivity contribution is -0.116. The molecule has 0 bridgehead atoms. The van der Waals surface area contributed by atoms with Crippen LogP contribution in [0.1, 0.15) is 31.4 Å². The fourth-order valence-corrected chi connectivity index (χ4v) is 1.56. The molecule has 0 spiro atoms. The highest BCUT2D eigenvalue weighted by atomic mass is 19.3. The number of halogens is 2. The van der Waals surface area contributed by atoms with Crippen molar-refractivity contribution in [3.63, 3.8) is 0 Å². The molecule has 0 atom stereocenters. The van der Waals surface area contributed by atoms with Gasteiger partial charge >= 0.3 is 0 Å². The minimum absolute atomic E-state index is 0.140. The van der Waals surface area contributed by atoms with Crippen molar-refractivity contribution in [2.45, 2.75) is 20.3 Å². The molecule has 0 unspecified atom stereocenters. The van der Waals surface area contributed by atoms with E-state index in [1.54, 1.807) is 6.07 Å². The third kappa shape index (κ3) is 4.99. The van der Waals surface area contributed by atoms with Crippen molar-refractivity contribution in [3.05, 3.63) is 35.4 Å². The van der Waals surface area contributed by atoms with Crippen LogP contribution >= 0.6 is 0 Å². The van der Waals surface area contributed by atoms with Crippen LogP contribution in [0, 0.1) is 5.92 Å². The van der Waals surface area contributed by atoms with Gasteiger partial charge < -0.3 is 10.1 Å². The smallest absolute Gasteiger partial charge is 0.267 e. The topological polar surface area (TPSA) is 38.3 Å². The minimum atomic E-state index is -2.62. The van der Waals surface area contributed by atoms with Gasteiger partial charge in [0, 0.05) is 12.6 Å². The lowest BCUT2D eigenvalue weighted by Gasteiger charge is -2.08. The zero-order valence-electron chi connectivity index (χ0n) is 11.8. The summed E-state index contributed by atoms with van der Waals surface area (Å²) in [4.78, 5) is 11.5. The van der Waals surface area contributed by atoms with Crippen LogP contribution in [0.5, 0.6) is 5.75 Å². The Labute approximate surface area is 117 Å². The number of hydrogen-bond acceptors (Lipinski definition) is 2. The van der Waals surface area contributed by atoms with Crippen LogP contribution in [0.15, 0.2) is 24.3 Å². The molecule has 0 saturated heterocycles. The van der Waals surface area contributed by atoms with E-state index < -0.39 is 6.43 Å². The molecule has 0 heterocycles. The Hall–Kier alpha value is -1.91. The average Bonchev–Trinajstić information content (AvgIpc) is 2.42. The van der Waals surface area contributed by atoms with E-state index in [1.807, 2.05) is 13.8 Å². The van der Waals surface area contributed by atoms with E-state index in [9.17, 15) is 13.6 Å². The molecule has 20 heavy (non-hydrogen) atoms. The molecule has 1 N–H and O–H groups in total. The van der Waals surface area contributed by atoms with Crippen LogP contribution in [0.4, 0.5) is 8.78 Å². The second-order valence-corrected chi connectivity index (χ2v) is 4.77. The first-order valence-electron chi connectivity index (χ1n) is 6.36. The van der Waals surface area contributed by atoms with Gasteiger partial charge in [-0.1, -0.05) is 19.9 Å². The number of alkyl halides is 2. The fraction of sp³-hybridized carbons (Fsp3) is 0.400. The van der Waals surface area contributed by atoms with Crippen molar-refractivity contribution in [2.24, 2.45) is 5.92 Å². The number of benzene rings is 1. The maximum absolute atomic E-state index is 12.8. The minimum Gasteiger partial charge on any atom is -0.496 e. The number of ether oxygens (including phenoxy) is 1. The molecular weight excluding hydrogens is 264 g/mol. The highest BCUT2D eigenvalue weighted by Crippen LogP contribution is 2.29. The second kappa shape index (κ2) is 7.62. The largest absolute Gasteiger partial charge is 0.496 e. The number of hydrogen-bond donors (Lipinski definition) is 1. The van der Waals surface area contributed by atoms with E-state index in [0.717, 1.165) is 0 Å².